The summed E-state index contributed by atoms with van der Waals surface area (Å²) in [5, 5.41) is 0. The second-order valence-electron chi connectivity index (χ2n) is 1.23. The van der Waals surface area contributed by atoms with Gasteiger partial charge in [-0.25, -0.2) is 9.97 Å². The molecule has 8 heavy (non-hydrogen) atoms. The first-order valence-corrected chi connectivity index (χ1v) is 3.10. The van der Waals surface area contributed by atoms with E-state index < -0.39 is 0 Å². The first-order chi connectivity index (χ1) is 3.80. The number of hydrogen-bond donors (Lipinski definition) is 1. The lowest BCUT2D eigenvalue weighted by Gasteiger charge is -1.89. The van der Waals surface area contributed by atoms with Gasteiger partial charge >= 0.3 is 0 Å². The van der Waals surface area contributed by atoms with Crippen molar-refractivity contribution in [2.24, 2.45) is 0 Å². The molecule has 0 saturated heterocycles. The van der Waals surface area contributed by atoms with Crippen LogP contribution in [-0.4, -0.2) is 9.97 Å². The van der Waals surface area contributed by atoms with Gasteiger partial charge in [0.25, 0.3) is 0 Å². The summed E-state index contributed by atoms with van der Waals surface area (Å²) >= 11 is 2.03. The van der Waals surface area contributed by atoms with Gasteiger partial charge in [-0.3, -0.25) is 0 Å². The van der Waals surface area contributed by atoms with Crippen molar-refractivity contribution in [2.45, 2.75) is 0 Å². The van der Waals surface area contributed by atoms with E-state index in [0.717, 1.165) is 3.70 Å². The van der Waals surface area contributed by atoms with Crippen molar-refractivity contribution in [1.29, 1.82) is 0 Å². The van der Waals surface area contributed by atoms with Gasteiger partial charge in [-0.1, -0.05) is 0 Å². The molecule has 1 aromatic heterocycles. The Morgan fingerprint density at radius 2 is 2.00 bits per heavy atom. The zero-order valence-corrected chi connectivity index (χ0v) is 6.16. The maximum Gasteiger partial charge on any atom is 0.155 e. The minimum absolute atomic E-state index is 0.494. The quantitative estimate of drug-likeness (QED) is 0.654. The normalized spacial score (nSPS) is 9.12. The number of anilines is 1. The smallest absolute Gasteiger partial charge is 0.155 e. The summed E-state index contributed by atoms with van der Waals surface area (Å²) in [5.74, 6) is 0.494. The number of aromatic nitrogens is 2. The Bertz CT molecular complexity index is 167. The molecule has 0 aliphatic rings. The van der Waals surface area contributed by atoms with Gasteiger partial charge in [0.05, 0.1) is 0 Å². The highest BCUT2D eigenvalue weighted by Crippen LogP contribution is 2.04. The molecule has 4 heteroatoms. The summed E-state index contributed by atoms with van der Waals surface area (Å²) in [4.78, 5) is 7.66. The zero-order valence-electron chi connectivity index (χ0n) is 4.00. The molecule has 2 N–H and O–H groups in total. The first-order valence-electron chi connectivity index (χ1n) is 2.02. The van der Waals surface area contributed by atoms with Gasteiger partial charge in [-0.2, -0.15) is 0 Å². The molecule has 0 saturated carbocycles. The van der Waals surface area contributed by atoms with Crippen molar-refractivity contribution in [2.75, 3.05) is 5.73 Å². The average molecular weight is 221 g/mol. The predicted octanol–water partition coefficient (Wildman–Crippen LogP) is 0.663. The van der Waals surface area contributed by atoms with Gasteiger partial charge in [0.15, 0.2) is 5.82 Å². The van der Waals surface area contributed by atoms with Crippen LogP contribution in [0.1, 0.15) is 0 Å². The fraction of sp³-hybridized carbons (Fsp3) is 0. The Hall–Kier alpha value is -0.390. The molecular weight excluding hydrogens is 217 g/mol. The Labute approximate surface area is 60.5 Å². The Morgan fingerprint density at radius 3 is 2.38 bits per heavy atom. The van der Waals surface area contributed by atoms with Crippen LogP contribution in [-0.2, 0) is 0 Å². The Kier molecular flexibility index (Phi) is 1.62. The number of nitrogen functional groups attached to an aromatic ring is 1. The molecule has 0 unspecified atom stereocenters. The summed E-state index contributed by atoms with van der Waals surface area (Å²) in [7, 11) is 0. The van der Waals surface area contributed by atoms with E-state index in [0.29, 0.717) is 5.82 Å². The highest BCUT2D eigenvalue weighted by molar-refractivity contribution is 14.1. The molecule has 1 heterocycles. The molecule has 0 radical (unpaired) electrons. The van der Waals surface area contributed by atoms with Crippen molar-refractivity contribution >= 4 is 28.4 Å². The van der Waals surface area contributed by atoms with Crippen LogP contribution in [0.3, 0.4) is 0 Å². The van der Waals surface area contributed by atoms with E-state index in [-0.39, 0.29) is 0 Å². The maximum absolute atomic E-state index is 5.34. The van der Waals surface area contributed by atoms with Crippen LogP contribution in [0.25, 0.3) is 0 Å². The first kappa shape index (κ1) is 5.74. The fourth-order valence-electron chi connectivity index (χ4n) is 0.332. The number of nitrogens with zero attached hydrogens (tertiary/aromatic N) is 2. The van der Waals surface area contributed by atoms with Crippen LogP contribution >= 0.6 is 22.6 Å². The van der Waals surface area contributed by atoms with Gasteiger partial charge in [-0.05, 0) is 22.6 Å². The molecule has 0 aliphatic carbocycles. The highest BCUT2D eigenvalue weighted by Gasteiger charge is 1.90. The molecule has 1 rings (SSSR count). The lowest BCUT2D eigenvalue weighted by Crippen LogP contribution is -1.93. The van der Waals surface area contributed by atoms with E-state index in [1.54, 1.807) is 12.4 Å². The van der Waals surface area contributed by atoms with Crippen molar-refractivity contribution in [3.8, 4) is 0 Å². The number of rotatable bonds is 0. The van der Waals surface area contributed by atoms with E-state index in [1.165, 1.54) is 0 Å². The second-order valence-corrected chi connectivity index (χ2v) is 2.25. The summed E-state index contributed by atoms with van der Waals surface area (Å²) in [6.45, 7) is 0. The van der Waals surface area contributed by atoms with E-state index in [9.17, 15) is 0 Å². The Morgan fingerprint density at radius 1 is 1.38 bits per heavy atom. The topological polar surface area (TPSA) is 51.8 Å². The van der Waals surface area contributed by atoms with Gasteiger partial charge < -0.3 is 5.73 Å². The van der Waals surface area contributed by atoms with Crippen molar-refractivity contribution in [3.63, 3.8) is 0 Å². The van der Waals surface area contributed by atoms with Gasteiger partial charge in [-0.15, -0.1) is 0 Å². The molecule has 0 spiro atoms. The monoisotopic (exact) mass is 221 g/mol. The second kappa shape index (κ2) is 2.25. The van der Waals surface area contributed by atoms with Crippen LogP contribution in [0.5, 0.6) is 0 Å². The SMILES string of the molecule is Nc1nccnc1I. The number of hydrogen-bond acceptors (Lipinski definition) is 3. The van der Waals surface area contributed by atoms with Crippen molar-refractivity contribution < 1.29 is 0 Å². The van der Waals surface area contributed by atoms with E-state index >= 15 is 0 Å². The molecule has 0 aliphatic heterocycles. The van der Waals surface area contributed by atoms with Gasteiger partial charge in [0.2, 0.25) is 0 Å². The minimum atomic E-state index is 0.494. The third kappa shape index (κ3) is 1.06. The zero-order chi connectivity index (χ0) is 5.98. The van der Waals surface area contributed by atoms with Crippen LogP contribution in [0, 0.1) is 3.70 Å². The van der Waals surface area contributed by atoms with E-state index in [4.69, 9.17) is 5.73 Å². The van der Waals surface area contributed by atoms with Crippen molar-refractivity contribution in [1.82, 2.24) is 9.97 Å². The highest BCUT2D eigenvalue weighted by atomic mass is 127. The summed E-state index contributed by atoms with van der Waals surface area (Å²) < 4.78 is 0.755. The predicted molar refractivity (Wildman–Crippen MR) is 39.2 cm³/mol. The number of halogens is 1. The molecule has 0 amide bonds. The largest absolute Gasteiger partial charge is 0.382 e. The number of nitrogens with two attached hydrogens (primary N) is 1. The molecule has 0 atom stereocenters. The third-order valence-corrected chi connectivity index (χ3v) is 1.51. The average Bonchev–Trinajstić information content (AvgIpc) is 1.77. The minimum Gasteiger partial charge on any atom is -0.382 e. The molecule has 0 fully saturated rings. The van der Waals surface area contributed by atoms with Gasteiger partial charge in [0.1, 0.15) is 3.70 Å². The van der Waals surface area contributed by atoms with Crippen molar-refractivity contribution in [3.05, 3.63) is 16.1 Å². The van der Waals surface area contributed by atoms with Crippen LogP contribution in [0.15, 0.2) is 12.4 Å². The Balaban J connectivity index is 3.13. The summed E-state index contributed by atoms with van der Waals surface area (Å²) in [6.07, 6.45) is 3.18. The van der Waals surface area contributed by atoms with Crippen LogP contribution in [0.4, 0.5) is 5.82 Å². The fourth-order valence-corrected chi connectivity index (χ4v) is 0.632. The van der Waals surface area contributed by atoms with Crippen LogP contribution in [0.2, 0.25) is 0 Å². The third-order valence-electron chi connectivity index (χ3n) is 0.680. The summed E-state index contributed by atoms with van der Waals surface area (Å²) in [5.41, 5.74) is 5.34. The molecule has 0 aromatic carbocycles. The maximum atomic E-state index is 5.34. The lowest BCUT2D eigenvalue weighted by atomic mass is 10.7. The molecular formula is C4H4IN3. The van der Waals surface area contributed by atoms with Gasteiger partial charge in [0, 0.05) is 12.4 Å². The molecule has 42 valence electrons. The van der Waals surface area contributed by atoms with E-state index in [1.807, 2.05) is 22.6 Å². The van der Waals surface area contributed by atoms with Crippen LogP contribution < -0.4 is 5.73 Å². The molecule has 0 bridgehead atoms. The molecule has 3 nitrogen and oxygen atoms in total. The molecule has 1 aromatic rings. The summed E-state index contributed by atoms with van der Waals surface area (Å²) in [6, 6.07) is 0. The lowest BCUT2D eigenvalue weighted by molar-refractivity contribution is 1.17. The standard InChI is InChI=1S/C4H4IN3/c5-3-4(6)8-2-1-7-3/h1-2H,(H2,6,8). The van der Waals surface area contributed by atoms with E-state index in [2.05, 4.69) is 9.97 Å².